The largest absolute Gasteiger partial charge is 0.497 e. The van der Waals surface area contributed by atoms with Gasteiger partial charge in [0.05, 0.1) is 13.2 Å². The number of halogens is 1. The van der Waals surface area contributed by atoms with Gasteiger partial charge < -0.3 is 14.6 Å². The van der Waals surface area contributed by atoms with E-state index < -0.39 is 0 Å². The molecule has 1 atom stereocenters. The van der Waals surface area contributed by atoms with Gasteiger partial charge in [-0.3, -0.25) is 9.69 Å². The lowest BCUT2D eigenvalue weighted by atomic mass is 10.1. The number of ether oxygens (including phenoxy) is 1. The Morgan fingerprint density at radius 3 is 2.53 bits per heavy atom. The summed E-state index contributed by atoms with van der Waals surface area (Å²) in [5.41, 5.74) is 2.23. The second kappa shape index (κ2) is 9.32. The van der Waals surface area contributed by atoms with Gasteiger partial charge in [0.15, 0.2) is 11.5 Å². The van der Waals surface area contributed by atoms with E-state index >= 15 is 0 Å². The Kier molecular flexibility index (Phi) is 6.35. The Hall–Kier alpha value is -2.83. The van der Waals surface area contributed by atoms with Crippen molar-refractivity contribution in [2.45, 2.75) is 18.9 Å². The average molecular weight is 426 g/mol. The number of rotatable bonds is 7. The summed E-state index contributed by atoms with van der Waals surface area (Å²) < 4.78 is 10.5. The summed E-state index contributed by atoms with van der Waals surface area (Å²) >= 11 is 6.04. The number of hydrogen-bond donors (Lipinski definition) is 1. The highest BCUT2D eigenvalue weighted by Crippen LogP contribution is 2.26. The van der Waals surface area contributed by atoms with Crippen molar-refractivity contribution >= 4 is 17.5 Å². The number of nitrogens with zero attached hydrogens (tertiary/aromatic N) is 2. The zero-order valence-electron chi connectivity index (χ0n) is 16.8. The third-order valence-electron chi connectivity index (χ3n) is 5.41. The summed E-state index contributed by atoms with van der Waals surface area (Å²) in [6.07, 6.45) is 2.35. The van der Waals surface area contributed by atoms with E-state index in [-0.39, 0.29) is 17.6 Å². The molecule has 1 saturated heterocycles. The predicted molar refractivity (Wildman–Crippen MR) is 116 cm³/mol. The topological polar surface area (TPSA) is 67.6 Å². The smallest absolute Gasteiger partial charge is 0.273 e. The molecule has 6 nitrogen and oxygen atoms in total. The van der Waals surface area contributed by atoms with Crippen LogP contribution >= 0.6 is 11.6 Å². The van der Waals surface area contributed by atoms with Crippen molar-refractivity contribution in [3.8, 4) is 17.1 Å². The van der Waals surface area contributed by atoms with Gasteiger partial charge in [0.25, 0.3) is 5.91 Å². The van der Waals surface area contributed by atoms with Gasteiger partial charge in [-0.05, 0) is 67.9 Å². The number of hydrogen-bond acceptors (Lipinski definition) is 5. The molecule has 2 aromatic carbocycles. The maximum atomic E-state index is 12.7. The van der Waals surface area contributed by atoms with Crippen LogP contribution in [0.5, 0.6) is 5.75 Å². The number of carbonyl (C=O) groups excluding carboxylic acids is 1. The van der Waals surface area contributed by atoms with E-state index in [0.29, 0.717) is 17.3 Å². The minimum Gasteiger partial charge on any atom is -0.497 e. The molecule has 0 aliphatic carbocycles. The molecule has 0 spiro atoms. The van der Waals surface area contributed by atoms with Gasteiger partial charge in [-0.15, -0.1) is 0 Å². The summed E-state index contributed by atoms with van der Waals surface area (Å²) in [6.45, 7) is 2.54. The molecule has 1 N–H and O–H groups in total. The Balaban J connectivity index is 1.44. The fourth-order valence-electron chi connectivity index (χ4n) is 3.75. The SMILES string of the molecule is COc1ccc(-c2cc(C(=O)NC[C@H](c3ccc(Cl)cc3)N3CCCC3)no2)cc1. The van der Waals surface area contributed by atoms with Crippen LogP contribution in [0.1, 0.15) is 34.9 Å². The molecule has 1 aromatic heterocycles. The summed E-state index contributed by atoms with van der Waals surface area (Å²) in [5, 5.41) is 7.67. The van der Waals surface area contributed by atoms with Gasteiger partial charge in [-0.2, -0.15) is 0 Å². The Morgan fingerprint density at radius 1 is 1.17 bits per heavy atom. The molecule has 0 unspecified atom stereocenters. The van der Waals surface area contributed by atoms with Crippen LogP contribution in [0.2, 0.25) is 5.02 Å². The van der Waals surface area contributed by atoms with Crippen molar-refractivity contribution < 1.29 is 14.1 Å². The van der Waals surface area contributed by atoms with E-state index in [9.17, 15) is 4.79 Å². The van der Waals surface area contributed by atoms with Gasteiger partial charge in [0, 0.05) is 23.2 Å². The molecule has 30 heavy (non-hydrogen) atoms. The fraction of sp³-hybridized carbons (Fsp3) is 0.304. The summed E-state index contributed by atoms with van der Waals surface area (Å²) in [7, 11) is 1.62. The van der Waals surface area contributed by atoms with Gasteiger partial charge in [-0.25, -0.2) is 0 Å². The highest BCUT2D eigenvalue weighted by molar-refractivity contribution is 6.30. The van der Waals surface area contributed by atoms with Crippen LogP contribution in [-0.4, -0.2) is 42.7 Å². The Morgan fingerprint density at radius 2 is 1.87 bits per heavy atom. The maximum Gasteiger partial charge on any atom is 0.273 e. The third kappa shape index (κ3) is 4.66. The zero-order valence-corrected chi connectivity index (χ0v) is 17.6. The van der Waals surface area contributed by atoms with E-state index in [1.807, 2.05) is 48.5 Å². The van der Waals surface area contributed by atoms with Crippen molar-refractivity contribution in [3.63, 3.8) is 0 Å². The molecule has 4 rings (SSSR count). The number of nitrogens with one attached hydrogen (secondary N) is 1. The number of carbonyl (C=O) groups is 1. The predicted octanol–water partition coefficient (Wildman–Crippen LogP) is 4.57. The van der Waals surface area contributed by atoms with E-state index in [2.05, 4.69) is 15.4 Å². The first kappa shape index (κ1) is 20.4. The molecule has 1 aliphatic heterocycles. The second-order valence-corrected chi connectivity index (χ2v) is 7.76. The molecule has 1 amide bonds. The van der Waals surface area contributed by atoms with Crippen molar-refractivity contribution in [2.24, 2.45) is 0 Å². The van der Waals surface area contributed by atoms with Gasteiger partial charge in [0.2, 0.25) is 0 Å². The van der Waals surface area contributed by atoms with Crippen molar-refractivity contribution in [1.82, 2.24) is 15.4 Å². The quantitative estimate of drug-likeness (QED) is 0.600. The lowest BCUT2D eigenvalue weighted by molar-refractivity contribution is 0.0929. The highest BCUT2D eigenvalue weighted by atomic mass is 35.5. The van der Waals surface area contributed by atoms with E-state index in [1.165, 1.54) is 12.8 Å². The number of likely N-dealkylation sites (tertiary alicyclic amines) is 1. The molecular formula is C23H24ClN3O3. The summed E-state index contributed by atoms with van der Waals surface area (Å²) in [5.74, 6) is 1.04. The second-order valence-electron chi connectivity index (χ2n) is 7.33. The monoisotopic (exact) mass is 425 g/mol. The molecule has 156 valence electrons. The molecule has 7 heteroatoms. The minimum absolute atomic E-state index is 0.0988. The Bertz CT molecular complexity index is 980. The first-order valence-electron chi connectivity index (χ1n) is 10.0. The Labute approximate surface area is 180 Å². The molecule has 1 aliphatic rings. The van der Waals surface area contributed by atoms with Crippen molar-refractivity contribution in [3.05, 3.63) is 70.9 Å². The summed E-state index contributed by atoms with van der Waals surface area (Å²) in [4.78, 5) is 15.1. The molecule has 0 radical (unpaired) electrons. The molecule has 0 bridgehead atoms. The molecule has 0 saturated carbocycles. The number of amides is 1. The lowest BCUT2D eigenvalue weighted by Crippen LogP contribution is -2.36. The number of methoxy groups -OCH3 is 1. The maximum absolute atomic E-state index is 12.7. The third-order valence-corrected chi connectivity index (χ3v) is 5.66. The van der Waals surface area contributed by atoms with Crippen LogP contribution in [0.25, 0.3) is 11.3 Å². The summed E-state index contributed by atoms with van der Waals surface area (Å²) in [6, 6.07) is 17.0. The van der Waals surface area contributed by atoms with Crippen molar-refractivity contribution in [1.29, 1.82) is 0 Å². The van der Waals surface area contributed by atoms with Crippen LogP contribution in [0.4, 0.5) is 0 Å². The minimum atomic E-state index is -0.253. The number of benzene rings is 2. The first-order chi connectivity index (χ1) is 14.6. The molecule has 1 fully saturated rings. The van der Waals surface area contributed by atoms with E-state index in [1.54, 1.807) is 13.2 Å². The van der Waals surface area contributed by atoms with Crippen molar-refractivity contribution in [2.75, 3.05) is 26.7 Å². The molecular weight excluding hydrogens is 402 g/mol. The van der Waals surface area contributed by atoms with Gasteiger partial charge >= 0.3 is 0 Å². The van der Waals surface area contributed by atoms with Crippen LogP contribution in [0.15, 0.2) is 59.1 Å². The fourth-order valence-corrected chi connectivity index (χ4v) is 3.88. The highest BCUT2D eigenvalue weighted by Gasteiger charge is 2.24. The van der Waals surface area contributed by atoms with E-state index in [0.717, 1.165) is 30.0 Å². The first-order valence-corrected chi connectivity index (χ1v) is 10.4. The van der Waals surface area contributed by atoms with E-state index in [4.69, 9.17) is 20.9 Å². The average Bonchev–Trinajstić information content (AvgIpc) is 3.48. The lowest BCUT2D eigenvalue weighted by Gasteiger charge is -2.28. The van der Waals surface area contributed by atoms with Crippen LogP contribution in [0, 0.1) is 0 Å². The zero-order chi connectivity index (χ0) is 20.9. The van der Waals surface area contributed by atoms with Gasteiger partial charge in [0.1, 0.15) is 5.75 Å². The normalized spacial score (nSPS) is 15.1. The molecule has 3 aromatic rings. The van der Waals surface area contributed by atoms with Gasteiger partial charge in [-0.1, -0.05) is 28.9 Å². The molecule has 2 heterocycles. The van der Waals surface area contributed by atoms with Crippen LogP contribution in [-0.2, 0) is 0 Å². The van der Waals surface area contributed by atoms with Crippen LogP contribution < -0.4 is 10.1 Å². The number of aromatic nitrogens is 1. The van der Waals surface area contributed by atoms with Crippen LogP contribution in [0.3, 0.4) is 0 Å². The standard InChI is InChI=1S/C23H24ClN3O3/c1-29-19-10-6-17(7-11-19)22-14-20(26-30-22)23(28)25-15-21(27-12-2-3-13-27)16-4-8-18(24)9-5-16/h4-11,14,21H,2-3,12-13,15H2,1H3,(H,25,28)/t21-/m1/s1.